The normalized spacial score (nSPS) is 12.6. The molecule has 2 atom stereocenters. The lowest BCUT2D eigenvalue weighted by Gasteiger charge is -2.29. The monoisotopic (exact) mass is 377 g/mol. The van der Waals surface area contributed by atoms with Crippen LogP contribution in [0.4, 0.5) is 0 Å². The molecule has 148 valence electrons. The van der Waals surface area contributed by atoms with Crippen LogP contribution >= 0.6 is 0 Å². The molecule has 0 spiro atoms. The Labute approximate surface area is 158 Å². The minimum Gasteiger partial charge on any atom is -0.480 e. The second-order valence-corrected chi connectivity index (χ2v) is 6.45. The molecule has 3 N–H and O–H groups in total. The molecule has 27 heavy (non-hydrogen) atoms. The highest BCUT2D eigenvalue weighted by Crippen LogP contribution is 2.19. The first-order chi connectivity index (χ1) is 12.6. The molecule has 0 bridgehead atoms. The van der Waals surface area contributed by atoms with Gasteiger partial charge in [-0.05, 0) is 19.4 Å². The summed E-state index contributed by atoms with van der Waals surface area (Å²) in [5.41, 5.74) is 1.80. The van der Waals surface area contributed by atoms with E-state index in [1.165, 1.54) is 25.7 Å². The zero-order chi connectivity index (χ0) is 20.6. The van der Waals surface area contributed by atoms with E-state index in [0.717, 1.165) is 11.1 Å². The van der Waals surface area contributed by atoms with Gasteiger partial charge in [-0.25, -0.2) is 4.79 Å². The molecule has 0 radical (unpaired) electrons. The van der Waals surface area contributed by atoms with E-state index in [1.807, 2.05) is 31.2 Å². The minimum atomic E-state index is -1.14. The summed E-state index contributed by atoms with van der Waals surface area (Å²) in [7, 11) is 0. The van der Waals surface area contributed by atoms with Crippen molar-refractivity contribution in [1.82, 2.24) is 15.5 Å². The first-order valence-electron chi connectivity index (χ1n) is 8.72. The minimum absolute atomic E-state index is 0.0621. The first kappa shape index (κ1) is 22.1. The summed E-state index contributed by atoms with van der Waals surface area (Å²) < 4.78 is 0. The van der Waals surface area contributed by atoms with E-state index < -0.39 is 24.0 Å². The molecule has 0 aliphatic heterocycles. The van der Waals surface area contributed by atoms with Crippen LogP contribution in [0.25, 0.3) is 0 Å². The number of nitrogens with one attached hydrogen (secondary N) is 2. The standard InChI is InChI=1S/C19H27N3O5/c1-12-5-7-16(8-6-12)17(21-15(4)24)11-18(25)22(13(2)19(26)27)10-9-20-14(3)23/h5-8,13,17H,9-11H2,1-4H3,(H,20,23)(H,21,24)(H,26,27). The van der Waals surface area contributed by atoms with E-state index in [2.05, 4.69) is 10.6 Å². The summed E-state index contributed by atoms with van der Waals surface area (Å²) in [4.78, 5) is 47.9. The molecule has 0 aliphatic carbocycles. The Morgan fingerprint density at radius 3 is 2.15 bits per heavy atom. The van der Waals surface area contributed by atoms with Crippen LogP contribution in [0.15, 0.2) is 24.3 Å². The fourth-order valence-electron chi connectivity index (χ4n) is 2.61. The Bertz CT molecular complexity index is 687. The summed E-state index contributed by atoms with van der Waals surface area (Å²) in [6.07, 6.45) is -0.0830. The van der Waals surface area contributed by atoms with Crippen molar-refractivity contribution >= 4 is 23.7 Å². The molecular formula is C19H27N3O5. The molecule has 0 saturated carbocycles. The molecule has 2 unspecified atom stereocenters. The van der Waals surface area contributed by atoms with Crippen molar-refractivity contribution < 1.29 is 24.3 Å². The van der Waals surface area contributed by atoms with Gasteiger partial charge in [-0.3, -0.25) is 14.4 Å². The highest BCUT2D eigenvalue weighted by atomic mass is 16.4. The molecule has 0 saturated heterocycles. The SMILES string of the molecule is CC(=O)NCCN(C(=O)CC(NC(C)=O)c1ccc(C)cc1)C(C)C(=O)O. The Morgan fingerprint density at radius 2 is 1.67 bits per heavy atom. The van der Waals surface area contributed by atoms with Crippen molar-refractivity contribution in [3.63, 3.8) is 0 Å². The van der Waals surface area contributed by atoms with Crippen LogP contribution < -0.4 is 10.6 Å². The molecule has 8 nitrogen and oxygen atoms in total. The van der Waals surface area contributed by atoms with Crippen molar-refractivity contribution in [2.45, 2.75) is 46.2 Å². The number of carboxylic acids is 1. The van der Waals surface area contributed by atoms with Gasteiger partial charge in [0.1, 0.15) is 6.04 Å². The van der Waals surface area contributed by atoms with Crippen molar-refractivity contribution in [3.05, 3.63) is 35.4 Å². The third-order valence-corrected chi connectivity index (χ3v) is 4.11. The molecule has 0 aliphatic rings. The predicted octanol–water partition coefficient (Wildman–Crippen LogP) is 1.00. The summed E-state index contributed by atoms with van der Waals surface area (Å²) in [5, 5.41) is 14.6. The van der Waals surface area contributed by atoms with E-state index in [4.69, 9.17) is 0 Å². The number of aliphatic carboxylic acids is 1. The zero-order valence-corrected chi connectivity index (χ0v) is 16.1. The van der Waals surface area contributed by atoms with Gasteiger partial charge in [-0.1, -0.05) is 29.8 Å². The first-order valence-corrected chi connectivity index (χ1v) is 8.72. The predicted molar refractivity (Wildman–Crippen MR) is 99.8 cm³/mol. The Morgan fingerprint density at radius 1 is 1.07 bits per heavy atom. The number of rotatable bonds is 9. The lowest BCUT2D eigenvalue weighted by Crippen LogP contribution is -2.47. The number of benzene rings is 1. The van der Waals surface area contributed by atoms with Crippen molar-refractivity contribution in [3.8, 4) is 0 Å². The van der Waals surface area contributed by atoms with Gasteiger partial charge in [0.2, 0.25) is 17.7 Å². The van der Waals surface area contributed by atoms with Gasteiger partial charge < -0.3 is 20.6 Å². The second-order valence-electron chi connectivity index (χ2n) is 6.45. The number of carboxylic acid groups (broad SMARTS) is 1. The van der Waals surface area contributed by atoms with Crippen molar-refractivity contribution in [1.29, 1.82) is 0 Å². The molecule has 0 heterocycles. The van der Waals surface area contributed by atoms with Gasteiger partial charge in [0.25, 0.3) is 0 Å². The molecule has 1 rings (SSSR count). The number of aryl methyl sites for hydroxylation is 1. The van der Waals surface area contributed by atoms with Crippen LogP contribution in [0.2, 0.25) is 0 Å². The number of carbonyl (C=O) groups excluding carboxylic acids is 3. The smallest absolute Gasteiger partial charge is 0.326 e. The van der Waals surface area contributed by atoms with Crippen LogP contribution in [-0.4, -0.2) is 52.8 Å². The highest BCUT2D eigenvalue weighted by Gasteiger charge is 2.28. The molecule has 0 fully saturated rings. The van der Waals surface area contributed by atoms with Crippen LogP contribution in [0.5, 0.6) is 0 Å². The largest absolute Gasteiger partial charge is 0.480 e. The molecule has 0 aromatic heterocycles. The van der Waals surface area contributed by atoms with Gasteiger partial charge in [0.05, 0.1) is 12.5 Å². The Balaban J connectivity index is 2.97. The third-order valence-electron chi connectivity index (χ3n) is 4.11. The highest BCUT2D eigenvalue weighted by molar-refractivity contribution is 5.84. The lowest BCUT2D eigenvalue weighted by atomic mass is 10.0. The zero-order valence-electron chi connectivity index (χ0n) is 16.1. The number of nitrogens with zero attached hydrogens (tertiary/aromatic N) is 1. The maximum atomic E-state index is 12.8. The average molecular weight is 377 g/mol. The molecule has 3 amide bonds. The van der Waals surface area contributed by atoms with Crippen LogP contribution in [0, 0.1) is 6.92 Å². The molecule has 1 aromatic rings. The van der Waals surface area contributed by atoms with Crippen LogP contribution in [0.1, 0.15) is 44.4 Å². The maximum absolute atomic E-state index is 12.8. The van der Waals surface area contributed by atoms with Crippen molar-refractivity contribution in [2.24, 2.45) is 0 Å². The van der Waals surface area contributed by atoms with Gasteiger partial charge in [0.15, 0.2) is 0 Å². The Kier molecular flexibility index (Phi) is 8.44. The molecule has 8 heteroatoms. The second kappa shape index (κ2) is 10.3. The molecule has 1 aromatic carbocycles. The van der Waals surface area contributed by atoms with Crippen LogP contribution in [-0.2, 0) is 19.2 Å². The van der Waals surface area contributed by atoms with E-state index in [1.54, 1.807) is 0 Å². The van der Waals surface area contributed by atoms with E-state index in [0.29, 0.717) is 0 Å². The third kappa shape index (κ3) is 7.47. The number of hydrogen-bond donors (Lipinski definition) is 3. The van der Waals surface area contributed by atoms with Gasteiger partial charge in [0, 0.05) is 26.9 Å². The average Bonchev–Trinajstić information content (AvgIpc) is 2.57. The summed E-state index contributed by atoms with van der Waals surface area (Å²) in [5.74, 6) is -2.11. The van der Waals surface area contributed by atoms with Gasteiger partial charge in [-0.15, -0.1) is 0 Å². The maximum Gasteiger partial charge on any atom is 0.326 e. The number of carbonyl (C=O) groups is 4. The fourth-order valence-corrected chi connectivity index (χ4v) is 2.61. The quantitative estimate of drug-likeness (QED) is 0.594. The number of hydrogen-bond acceptors (Lipinski definition) is 4. The lowest BCUT2D eigenvalue weighted by molar-refractivity contribution is -0.149. The van der Waals surface area contributed by atoms with E-state index >= 15 is 0 Å². The van der Waals surface area contributed by atoms with E-state index in [9.17, 15) is 24.3 Å². The summed E-state index contributed by atoms with van der Waals surface area (Å²) in [6.45, 7) is 6.26. The van der Waals surface area contributed by atoms with E-state index in [-0.39, 0.29) is 31.3 Å². The topological polar surface area (TPSA) is 116 Å². The fraction of sp³-hybridized carbons (Fsp3) is 0.474. The molecular weight excluding hydrogens is 350 g/mol. The Hall–Kier alpha value is -2.90. The summed E-state index contributed by atoms with van der Waals surface area (Å²) >= 11 is 0. The van der Waals surface area contributed by atoms with Crippen molar-refractivity contribution in [2.75, 3.05) is 13.1 Å². The summed E-state index contributed by atoms with van der Waals surface area (Å²) in [6, 6.07) is 5.78. The van der Waals surface area contributed by atoms with Gasteiger partial charge >= 0.3 is 5.97 Å². The number of amides is 3. The van der Waals surface area contributed by atoms with Crippen LogP contribution in [0.3, 0.4) is 0 Å². The van der Waals surface area contributed by atoms with Gasteiger partial charge in [-0.2, -0.15) is 0 Å².